The summed E-state index contributed by atoms with van der Waals surface area (Å²) in [6.07, 6.45) is 7.26. The number of rotatable bonds is 6. The summed E-state index contributed by atoms with van der Waals surface area (Å²) in [7, 11) is 0. The molecule has 1 atom stereocenters. The highest BCUT2D eigenvalue weighted by atomic mass is 16.5. The van der Waals surface area contributed by atoms with Crippen molar-refractivity contribution in [3.8, 4) is 11.4 Å². The van der Waals surface area contributed by atoms with E-state index in [1.165, 1.54) is 12.5 Å². The molecule has 4 aromatic rings. The number of hydrogen-bond donors (Lipinski definition) is 0. The Balaban J connectivity index is 1.33. The lowest BCUT2D eigenvalue weighted by Gasteiger charge is -2.22. The van der Waals surface area contributed by atoms with Gasteiger partial charge in [0.15, 0.2) is 0 Å². The van der Waals surface area contributed by atoms with E-state index in [2.05, 4.69) is 5.10 Å². The predicted octanol–water partition coefficient (Wildman–Crippen LogP) is 4.34. The molecule has 1 unspecified atom stereocenters. The molecule has 5 rings (SSSR count). The number of aromatic nitrogens is 3. The van der Waals surface area contributed by atoms with Crippen molar-refractivity contribution < 1.29 is 9.47 Å². The van der Waals surface area contributed by atoms with E-state index in [0.717, 1.165) is 48.1 Å². The first-order valence-electron chi connectivity index (χ1n) is 10.7. The normalized spacial score (nSPS) is 16.5. The van der Waals surface area contributed by atoms with Crippen LogP contribution in [0.25, 0.3) is 16.6 Å². The number of benzene rings is 2. The van der Waals surface area contributed by atoms with Crippen molar-refractivity contribution in [2.75, 3.05) is 6.61 Å². The Morgan fingerprint density at radius 1 is 1.06 bits per heavy atom. The molecule has 0 aliphatic carbocycles. The summed E-state index contributed by atoms with van der Waals surface area (Å²) in [4.78, 5) is 12.7. The van der Waals surface area contributed by atoms with Gasteiger partial charge in [-0.15, -0.1) is 0 Å². The van der Waals surface area contributed by atoms with E-state index in [4.69, 9.17) is 9.47 Å². The van der Waals surface area contributed by atoms with Crippen molar-refractivity contribution in [3.63, 3.8) is 0 Å². The fraction of sp³-hybridized carbons (Fsp3) is 0.280. The van der Waals surface area contributed by atoms with E-state index in [1.807, 2.05) is 65.5 Å². The Morgan fingerprint density at radius 3 is 2.77 bits per heavy atom. The van der Waals surface area contributed by atoms with Gasteiger partial charge in [-0.2, -0.15) is 5.10 Å². The van der Waals surface area contributed by atoms with Crippen molar-refractivity contribution >= 4 is 10.9 Å². The van der Waals surface area contributed by atoms with Gasteiger partial charge in [-0.3, -0.25) is 14.0 Å². The van der Waals surface area contributed by atoms with Gasteiger partial charge in [0.25, 0.3) is 5.56 Å². The molecule has 0 radical (unpaired) electrons. The Labute approximate surface area is 180 Å². The van der Waals surface area contributed by atoms with Gasteiger partial charge in [0, 0.05) is 29.9 Å². The summed E-state index contributed by atoms with van der Waals surface area (Å²) >= 11 is 0. The smallest absolute Gasteiger partial charge is 0.258 e. The molecule has 1 saturated heterocycles. The van der Waals surface area contributed by atoms with Crippen LogP contribution in [0.4, 0.5) is 0 Å². The lowest BCUT2D eigenvalue weighted by atomic mass is 10.1. The predicted molar refractivity (Wildman–Crippen MR) is 120 cm³/mol. The van der Waals surface area contributed by atoms with Crippen LogP contribution < -0.4 is 10.3 Å². The standard InChI is InChI=1S/C25H25N3O3/c29-25-15-22(31-18-19-6-2-1-3-7-19)11-12-27(25)21-9-10-24-20(14-21)16-26-28(24)17-23-8-4-5-13-30-23/h1-3,6-7,9-12,14-16,23H,4-5,8,13,17-18H2. The van der Waals surface area contributed by atoms with E-state index < -0.39 is 0 Å². The van der Waals surface area contributed by atoms with Crippen LogP contribution in [-0.2, 0) is 17.9 Å². The third kappa shape index (κ3) is 4.39. The second kappa shape index (κ2) is 8.78. The Morgan fingerprint density at radius 2 is 1.97 bits per heavy atom. The van der Waals surface area contributed by atoms with Crippen LogP contribution in [0.1, 0.15) is 24.8 Å². The fourth-order valence-corrected chi connectivity index (χ4v) is 4.02. The maximum Gasteiger partial charge on any atom is 0.258 e. The Bertz CT molecular complexity index is 1220. The molecule has 0 amide bonds. The summed E-state index contributed by atoms with van der Waals surface area (Å²) in [6.45, 7) is 2.03. The van der Waals surface area contributed by atoms with Crippen molar-refractivity contribution in [2.45, 2.75) is 38.5 Å². The second-order valence-corrected chi connectivity index (χ2v) is 7.90. The third-order valence-electron chi connectivity index (χ3n) is 5.69. The van der Waals surface area contributed by atoms with Crippen LogP contribution in [-0.4, -0.2) is 27.1 Å². The van der Waals surface area contributed by atoms with Crippen LogP contribution in [0.15, 0.2) is 77.9 Å². The monoisotopic (exact) mass is 415 g/mol. The zero-order chi connectivity index (χ0) is 21.0. The van der Waals surface area contributed by atoms with Crippen LogP contribution >= 0.6 is 0 Å². The van der Waals surface area contributed by atoms with Crippen molar-refractivity contribution in [1.29, 1.82) is 0 Å². The molecule has 1 fully saturated rings. The molecule has 1 aliphatic rings. The zero-order valence-corrected chi connectivity index (χ0v) is 17.3. The highest BCUT2D eigenvalue weighted by Crippen LogP contribution is 2.21. The Kier molecular flexibility index (Phi) is 5.54. The van der Waals surface area contributed by atoms with Crippen molar-refractivity contribution in [3.05, 3.63) is 89.0 Å². The highest BCUT2D eigenvalue weighted by molar-refractivity contribution is 5.81. The zero-order valence-electron chi connectivity index (χ0n) is 17.3. The quantitative estimate of drug-likeness (QED) is 0.470. The van der Waals surface area contributed by atoms with Gasteiger partial charge in [0.1, 0.15) is 12.4 Å². The van der Waals surface area contributed by atoms with Gasteiger partial charge in [-0.25, -0.2) is 0 Å². The molecule has 6 nitrogen and oxygen atoms in total. The van der Waals surface area contributed by atoms with Crippen LogP contribution in [0.5, 0.6) is 5.75 Å². The average molecular weight is 415 g/mol. The molecule has 1 aliphatic heterocycles. The molecular weight excluding hydrogens is 390 g/mol. The molecule has 158 valence electrons. The van der Waals surface area contributed by atoms with Gasteiger partial charge >= 0.3 is 0 Å². The Hall–Kier alpha value is -3.38. The number of hydrogen-bond acceptors (Lipinski definition) is 4. The van der Waals surface area contributed by atoms with E-state index in [-0.39, 0.29) is 11.7 Å². The molecule has 0 spiro atoms. The van der Waals surface area contributed by atoms with E-state index in [9.17, 15) is 4.79 Å². The van der Waals surface area contributed by atoms with Gasteiger partial charge < -0.3 is 9.47 Å². The molecule has 0 saturated carbocycles. The lowest BCUT2D eigenvalue weighted by Crippen LogP contribution is -2.24. The van der Waals surface area contributed by atoms with E-state index >= 15 is 0 Å². The van der Waals surface area contributed by atoms with Crippen LogP contribution in [0.3, 0.4) is 0 Å². The maximum atomic E-state index is 12.7. The largest absolute Gasteiger partial charge is 0.489 e. The number of nitrogens with zero attached hydrogens (tertiary/aromatic N) is 3. The summed E-state index contributed by atoms with van der Waals surface area (Å²) in [6, 6.07) is 19.2. The number of pyridine rings is 1. The molecular formula is C25H25N3O3. The highest BCUT2D eigenvalue weighted by Gasteiger charge is 2.16. The number of ether oxygens (including phenoxy) is 2. The average Bonchev–Trinajstić information content (AvgIpc) is 3.21. The SMILES string of the molecule is O=c1cc(OCc2ccccc2)ccn1-c1ccc2c(cnn2CC2CCCCO2)c1. The van der Waals surface area contributed by atoms with Gasteiger partial charge in [0.05, 0.1) is 24.4 Å². The third-order valence-corrected chi connectivity index (χ3v) is 5.69. The summed E-state index contributed by atoms with van der Waals surface area (Å²) in [5.74, 6) is 0.562. The minimum Gasteiger partial charge on any atom is -0.489 e. The topological polar surface area (TPSA) is 58.3 Å². The first kappa shape index (κ1) is 19.6. The van der Waals surface area contributed by atoms with Gasteiger partial charge in [-0.05, 0) is 49.1 Å². The minimum absolute atomic E-state index is 0.132. The molecule has 2 aromatic heterocycles. The van der Waals surface area contributed by atoms with E-state index in [0.29, 0.717) is 12.4 Å². The van der Waals surface area contributed by atoms with Crippen LogP contribution in [0.2, 0.25) is 0 Å². The first-order chi connectivity index (χ1) is 15.3. The minimum atomic E-state index is -0.132. The van der Waals surface area contributed by atoms with Crippen LogP contribution in [0, 0.1) is 0 Å². The molecule has 31 heavy (non-hydrogen) atoms. The van der Waals surface area contributed by atoms with Crippen molar-refractivity contribution in [2.24, 2.45) is 0 Å². The molecule has 0 bridgehead atoms. The van der Waals surface area contributed by atoms with Gasteiger partial charge in [-0.1, -0.05) is 30.3 Å². The first-order valence-corrected chi connectivity index (χ1v) is 10.7. The van der Waals surface area contributed by atoms with E-state index in [1.54, 1.807) is 10.8 Å². The van der Waals surface area contributed by atoms with Gasteiger partial charge in [0.2, 0.25) is 0 Å². The maximum absolute atomic E-state index is 12.7. The lowest BCUT2D eigenvalue weighted by molar-refractivity contribution is 0.00474. The summed E-state index contributed by atoms with van der Waals surface area (Å²) in [5.41, 5.74) is 2.79. The number of fused-ring (bicyclic) bond motifs is 1. The summed E-state index contributed by atoms with van der Waals surface area (Å²) < 4.78 is 15.2. The second-order valence-electron chi connectivity index (χ2n) is 7.90. The molecule has 3 heterocycles. The fourth-order valence-electron chi connectivity index (χ4n) is 4.02. The molecule has 0 N–H and O–H groups in total. The molecule has 2 aromatic carbocycles. The van der Waals surface area contributed by atoms with Crippen molar-refractivity contribution in [1.82, 2.24) is 14.3 Å². The molecule has 6 heteroatoms. The summed E-state index contributed by atoms with van der Waals surface area (Å²) in [5, 5.41) is 5.55.